The number of imidazole rings is 3. The van der Waals surface area contributed by atoms with Crippen molar-refractivity contribution in [1.82, 2.24) is 53.7 Å². The van der Waals surface area contributed by atoms with Crippen molar-refractivity contribution in [2.24, 2.45) is 35.2 Å². The van der Waals surface area contributed by atoms with E-state index in [1.165, 1.54) is 44.6 Å². The van der Waals surface area contributed by atoms with Crippen LogP contribution in [0.1, 0.15) is 106 Å². The lowest BCUT2D eigenvalue weighted by Crippen LogP contribution is -2.43. The van der Waals surface area contributed by atoms with E-state index in [0.717, 1.165) is 34.5 Å². The van der Waals surface area contributed by atoms with Gasteiger partial charge < -0.3 is 119 Å². The van der Waals surface area contributed by atoms with Crippen molar-refractivity contribution in [3.63, 3.8) is 0 Å². The van der Waals surface area contributed by atoms with E-state index < -0.39 is 41.4 Å². The minimum Gasteiger partial charge on any atom is -0.379 e. The molecule has 0 saturated carbocycles. The van der Waals surface area contributed by atoms with Gasteiger partial charge >= 0.3 is 0 Å². The van der Waals surface area contributed by atoms with Gasteiger partial charge in [-0.15, -0.1) is 0 Å². The largest absolute Gasteiger partial charge is 0.379 e. The third-order valence-electron chi connectivity index (χ3n) is 18.0. The van der Waals surface area contributed by atoms with Crippen LogP contribution in [0.2, 0.25) is 5.02 Å². The van der Waals surface area contributed by atoms with E-state index in [1.807, 2.05) is 65.6 Å². The monoisotopic (exact) mass is 1640 g/mol. The smallest absolute Gasteiger partial charge is 0.291 e. The van der Waals surface area contributed by atoms with Crippen LogP contribution in [0.3, 0.4) is 0 Å². The number of benzene rings is 3. The third kappa shape index (κ3) is 28.9. The molecule has 0 radical (unpaired) electrons. The Kier molecular flexibility index (Phi) is 35.2. The normalized spacial score (nSPS) is 13.0. The summed E-state index contributed by atoms with van der Waals surface area (Å²) in [6.45, 7) is 9.67. The second-order valence-corrected chi connectivity index (χ2v) is 27.5. The van der Waals surface area contributed by atoms with E-state index in [0.29, 0.717) is 115 Å². The second-order valence-electron chi connectivity index (χ2n) is 27.1. The Hall–Kier alpha value is -11.7. The Labute approximate surface area is 681 Å². The number of halogens is 1. The molecule has 6 heterocycles. The molecular weight excluding hydrogens is 1540 g/mol. The van der Waals surface area contributed by atoms with Crippen LogP contribution in [-0.4, -0.2) is 228 Å². The van der Waals surface area contributed by atoms with Gasteiger partial charge in [0.1, 0.15) is 11.5 Å². The van der Waals surface area contributed by atoms with Gasteiger partial charge in [-0.1, -0.05) is 29.8 Å². The number of nitrogens with zero attached hydrogens (tertiary/aromatic N) is 9. The molecule has 0 bridgehead atoms. The van der Waals surface area contributed by atoms with Crippen molar-refractivity contribution in [3.05, 3.63) is 150 Å². The molecule has 2 atom stereocenters. The number of hydrogen-bond acceptors (Lipinski definition) is 22. The number of hydrogen-bond donors (Lipinski definition) is 10. The second kappa shape index (κ2) is 46.2. The first-order valence-electron chi connectivity index (χ1n) is 38.1. The van der Waals surface area contributed by atoms with Gasteiger partial charge in [-0.25, -0.2) is 15.0 Å². The summed E-state index contributed by atoms with van der Waals surface area (Å²) in [5.41, 5.74) is 6.36. The third-order valence-corrected chi connectivity index (χ3v) is 18.2. The standard InChI is InChI=1S/C79H102ClN19O18/c1-52-44-62(85-57-15-11-56(80)12-16-57)61-45-55(10-17-63(61)99(52)53(2)100)54-8-13-58(14-9-54)86-72(105)22-28-110-30-32-112-34-36-114-38-40-116-42-43-117-41-39-115-37-35-113-33-31-111-29-26-81-68(101)20-23-84-77(107)74-91-66(50-97(74)6)90-71(104)21-24-83-76(106)64-46-59(48-95(64)4)87-79(109)75-92-65(51-98(75)7)89-69(102)18-19-70(103)93-67-47-60(49-96(67)5)88-78(108)73-82-25-27-94(73)3/h8-17,25,27,45-52,62,85H,18-24,26,28-44H2,1-7H3,(H,81,101)(H,83,106)(H,84,107)(H,86,105)(H,87,109)(H,88,108)(H,89,102)(H,90,104)(H,93,103)/t52-,62+/m0/s1. The fourth-order valence-corrected chi connectivity index (χ4v) is 12.3. The van der Waals surface area contributed by atoms with Crippen molar-refractivity contribution in [3.8, 4) is 11.1 Å². The fraction of sp³-hybridized carbons (Fsp3) is 0.430. The highest BCUT2D eigenvalue weighted by atomic mass is 35.5. The molecule has 0 saturated heterocycles. The topological polar surface area (TPSA) is 431 Å². The van der Waals surface area contributed by atoms with Crippen molar-refractivity contribution >= 4 is 117 Å². The van der Waals surface area contributed by atoms with Crippen molar-refractivity contribution < 1.29 is 85.8 Å². The predicted molar refractivity (Wildman–Crippen MR) is 435 cm³/mol. The number of carbonyl (C=O) groups excluding carboxylic acids is 10. The van der Waals surface area contributed by atoms with Crippen molar-refractivity contribution in [2.45, 2.75) is 64.5 Å². The molecule has 5 aromatic heterocycles. The summed E-state index contributed by atoms with van der Waals surface area (Å²) in [6.07, 6.45) is 9.51. The molecule has 38 heteroatoms. The quantitative estimate of drug-likeness (QED) is 0.0190. The van der Waals surface area contributed by atoms with Crippen LogP contribution < -0.4 is 58.1 Å². The van der Waals surface area contributed by atoms with Gasteiger partial charge in [-0.2, -0.15) is 0 Å². The molecule has 8 aromatic rings. The van der Waals surface area contributed by atoms with Crippen molar-refractivity contribution in [2.75, 3.05) is 167 Å². The van der Waals surface area contributed by atoms with Crippen LogP contribution in [0, 0.1) is 0 Å². The maximum absolute atomic E-state index is 13.3. The minimum atomic E-state index is -0.648. The average Bonchev–Trinajstić information content (AvgIpc) is 1.76. The molecule has 10 N–H and O–H groups in total. The lowest BCUT2D eigenvalue weighted by molar-refractivity contribution is -0.121. The summed E-state index contributed by atoms with van der Waals surface area (Å²) < 4.78 is 51.9. The first-order chi connectivity index (χ1) is 56.4. The first-order valence-corrected chi connectivity index (χ1v) is 38.5. The van der Waals surface area contributed by atoms with Crippen LogP contribution in [0.5, 0.6) is 0 Å². The van der Waals surface area contributed by atoms with Gasteiger partial charge in [0.05, 0.1) is 130 Å². The van der Waals surface area contributed by atoms with Crippen LogP contribution >= 0.6 is 11.6 Å². The lowest BCUT2D eigenvalue weighted by Gasteiger charge is -2.39. The summed E-state index contributed by atoms with van der Waals surface area (Å²) in [5, 5.41) is 28.6. The van der Waals surface area contributed by atoms with Gasteiger partial charge in [0.25, 0.3) is 23.6 Å². The number of nitrogens with one attached hydrogen (secondary N) is 10. The molecular formula is C79H102ClN19O18. The van der Waals surface area contributed by atoms with Gasteiger partial charge in [0.2, 0.25) is 47.1 Å². The number of amides is 10. The molecule has 0 aliphatic carbocycles. The molecule has 0 fully saturated rings. The molecule has 117 heavy (non-hydrogen) atoms. The van der Waals surface area contributed by atoms with Gasteiger partial charge in [-0.05, 0) is 84.6 Å². The lowest BCUT2D eigenvalue weighted by atomic mass is 9.89. The van der Waals surface area contributed by atoms with E-state index in [9.17, 15) is 47.9 Å². The maximum atomic E-state index is 13.3. The molecule has 9 rings (SSSR count). The first kappa shape index (κ1) is 89.3. The average molecular weight is 1640 g/mol. The maximum Gasteiger partial charge on any atom is 0.291 e. The zero-order valence-corrected chi connectivity index (χ0v) is 67.3. The number of aryl methyl sites for hydroxylation is 5. The number of rotatable bonds is 49. The molecule has 628 valence electrons. The Bertz CT molecular complexity index is 4650. The number of ether oxygens (including phenoxy) is 8. The molecule has 0 unspecified atom stereocenters. The molecule has 3 aromatic carbocycles. The summed E-state index contributed by atoms with van der Waals surface area (Å²) in [6, 6.07) is 24.4. The van der Waals surface area contributed by atoms with E-state index in [1.54, 1.807) is 69.8 Å². The van der Waals surface area contributed by atoms with E-state index >= 15 is 0 Å². The summed E-state index contributed by atoms with van der Waals surface area (Å²) in [7, 11) is 8.08. The molecule has 1 aliphatic rings. The van der Waals surface area contributed by atoms with Gasteiger partial charge in [0, 0.05) is 159 Å². The Balaban J connectivity index is 0.506. The molecule has 1 aliphatic heterocycles. The Morgan fingerprint density at radius 3 is 1.46 bits per heavy atom. The van der Waals surface area contributed by atoms with E-state index in [4.69, 9.17) is 49.5 Å². The number of carbonyl (C=O) groups is 10. The molecule has 10 amide bonds. The zero-order chi connectivity index (χ0) is 83.6. The van der Waals surface area contributed by atoms with Crippen LogP contribution in [0.15, 0.2) is 116 Å². The Morgan fingerprint density at radius 1 is 0.419 bits per heavy atom. The van der Waals surface area contributed by atoms with E-state index in [-0.39, 0.29) is 135 Å². The minimum absolute atomic E-state index is 0.00219. The highest BCUT2D eigenvalue weighted by Gasteiger charge is 2.33. The summed E-state index contributed by atoms with van der Waals surface area (Å²) in [5.74, 6) is -3.48. The molecule has 0 spiro atoms. The van der Waals surface area contributed by atoms with Crippen molar-refractivity contribution in [1.29, 1.82) is 0 Å². The zero-order valence-electron chi connectivity index (χ0n) is 66.6. The van der Waals surface area contributed by atoms with Gasteiger partial charge in [-0.3, -0.25) is 47.9 Å². The van der Waals surface area contributed by atoms with Crippen LogP contribution in [0.25, 0.3) is 11.1 Å². The predicted octanol–water partition coefficient (Wildman–Crippen LogP) is 6.20. The Morgan fingerprint density at radius 2 is 0.897 bits per heavy atom. The van der Waals surface area contributed by atoms with Crippen LogP contribution in [-0.2, 0) is 102 Å². The fourth-order valence-electron chi connectivity index (χ4n) is 12.2. The van der Waals surface area contributed by atoms with E-state index in [2.05, 4.69) is 81.1 Å². The SMILES string of the molecule is CC(=O)N1c2ccc(-c3ccc(NC(=O)CCOCCOCCOCCOCCOCCOCCOCCOCCNC(=O)CCNC(=O)c4nc(NC(=O)CCNC(=O)c5cc(NC(=O)c6nc(NC(=O)CCC(=O)Nc7cc(NC(=O)c8nccn8C)cn7C)cn6C)cn5C)cn4C)cc3)cc2[C@H](Nc2ccc(Cl)cc2)C[C@@H]1C. The number of aromatic nitrogens is 8. The van der Waals surface area contributed by atoms with Gasteiger partial charge in [0.15, 0.2) is 17.5 Å². The summed E-state index contributed by atoms with van der Waals surface area (Å²) >= 11 is 6.14. The highest BCUT2D eigenvalue weighted by molar-refractivity contribution is 6.30. The highest BCUT2D eigenvalue weighted by Crippen LogP contribution is 2.41. The summed E-state index contributed by atoms with van der Waals surface area (Å²) in [4.78, 5) is 142. The van der Waals surface area contributed by atoms with Crippen LogP contribution in [0.4, 0.5) is 45.9 Å². The number of fused-ring (bicyclic) bond motifs is 1. The molecule has 37 nitrogen and oxygen atoms in total. The number of anilines is 8.